The first kappa shape index (κ1) is 15.4. The summed E-state index contributed by atoms with van der Waals surface area (Å²) in [5.74, 6) is 1.09. The normalized spacial score (nSPS) is 12.7. The van der Waals surface area contributed by atoms with E-state index in [1.54, 1.807) is 18.2 Å². The molecule has 1 N–H and O–H groups in total. The van der Waals surface area contributed by atoms with E-state index in [1.807, 2.05) is 12.1 Å². The van der Waals surface area contributed by atoms with Gasteiger partial charge in [0.15, 0.2) is 21.8 Å². The maximum atomic E-state index is 11.7. The predicted molar refractivity (Wildman–Crippen MR) is 100.0 cm³/mol. The lowest BCUT2D eigenvalue weighted by Crippen LogP contribution is -1.99. The summed E-state index contributed by atoms with van der Waals surface area (Å²) in [6, 6.07) is 9.10. The molecule has 0 saturated carbocycles. The summed E-state index contributed by atoms with van der Waals surface area (Å²) in [5, 5.41) is 4.68. The molecule has 1 aliphatic heterocycles. The molecule has 0 atom stereocenters. The summed E-state index contributed by atoms with van der Waals surface area (Å²) in [4.78, 5) is 20.8. The van der Waals surface area contributed by atoms with Gasteiger partial charge in [-0.05, 0) is 18.2 Å². The van der Waals surface area contributed by atoms with E-state index in [0.717, 1.165) is 31.3 Å². The van der Waals surface area contributed by atoms with E-state index < -0.39 is 0 Å². The number of methoxy groups -OCH3 is 1. The van der Waals surface area contributed by atoms with Crippen molar-refractivity contribution in [2.45, 2.75) is 0 Å². The van der Waals surface area contributed by atoms with Crippen LogP contribution in [-0.2, 0) is 4.74 Å². The van der Waals surface area contributed by atoms with Crippen LogP contribution in [0, 0.1) is 0 Å². The summed E-state index contributed by atoms with van der Waals surface area (Å²) in [7, 11) is 1.37. The second-order valence-corrected chi connectivity index (χ2v) is 7.57. The van der Waals surface area contributed by atoms with Crippen LogP contribution in [0.4, 0.5) is 10.3 Å². The fourth-order valence-corrected chi connectivity index (χ4v) is 4.53. The Morgan fingerprint density at radius 1 is 1.04 bits per heavy atom. The van der Waals surface area contributed by atoms with E-state index in [1.165, 1.54) is 29.8 Å². The van der Waals surface area contributed by atoms with Crippen LogP contribution in [0.1, 0.15) is 10.4 Å². The molecule has 5 rings (SSSR count). The van der Waals surface area contributed by atoms with Crippen molar-refractivity contribution in [3.63, 3.8) is 0 Å². The minimum Gasteiger partial charge on any atom is -0.465 e. The van der Waals surface area contributed by atoms with Gasteiger partial charge in [0.25, 0.3) is 0 Å². The molecule has 9 heteroatoms. The third-order valence-corrected chi connectivity index (χ3v) is 5.77. The number of ether oxygens (including phenoxy) is 3. The molecule has 2 aromatic heterocycles. The first-order valence-corrected chi connectivity index (χ1v) is 9.29. The Balaban J connectivity index is 1.47. The largest absolute Gasteiger partial charge is 0.465 e. The van der Waals surface area contributed by atoms with E-state index in [-0.39, 0.29) is 12.8 Å². The number of aromatic nitrogens is 2. The van der Waals surface area contributed by atoms with E-state index >= 15 is 0 Å². The van der Waals surface area contributed by atoms with Gasteiger partial charge in [-0.25, -0.2) is 14.8 Å². The van der Waals surface area contributed by atoms with Gasteiger partial charge < -0.3 is 19.5 Å². The maximum absolute atomic E-state index is 11.7. The minimum atomic E-state index is -0.363. The Labute approximate surface area is 155 Å². The minimum absolute atomic E-state index is 0.247. The molecule has 0 radical (unpaired) electrons. The Morgan fingerprint density at radius 3 is 2.50 bits per heavy atom. The average molecular weight is 385 g/mol. The van der Waals surface area contributed by atoms with Gasteiger partial charge in [0.2, 0.25) is 6.79 Å². The highest BCUT2D eigenvalue weighted by Gasteiger charge is 2.17. The van der Waals surface area contributed by atoms with Crippen molar-refractivity contribution in [1.82, 2.24) is 9.97 Å². The molecule has 1 aliphatic rings. The number of hydrogen-bond acceptors (Lipinski definition) is 9. The van der Waals surface area contributed by atoms with Crippen molar-refractivity contribution in [3.05, 3.63) is 35.9 Å². The molecule has 0 spiro atoms. The molecule has 3 heterocycles. The number of carbonyl (C=O) groups is 1. The Bertz CT molecular complexity index is 1130. The SMILES string of the molecule is COC(=O)c1ccc2nc(Nc3nc4cc5c(cc4s3)OCO5)sc2c1. The van der Waals surface area contributed by atoms with Gasteiger partial charge in [-0.1, -0.05) is 22.7 Å². The second kappa shape index (κ2) is 5.82. The number of fused-ring (bicyclic) bond motifs is 3. The molecule has 0 aliphatic carbocycles. The van der Waals surface area contributed by atoms with Crippen molar-refractivity contribution in [2.75, 3.05) is 19.2 Å². The van der Waals surface area contributed by atoms with Crippen LogP contribution in [0.2, 0.25) is 0 Å². The zero-order chi connectivity index (χ0) is 17.7. The molecular weight excluding hydrogens is 374 g/mol. The first-order valence-electron chi connectivity index (χ1n) is 7.66. The Kier molecular flexibility index (Phi) is 3.44. The van der Waals surface area contributed by atoms with Crippen LogP contribution in [0.25, 0.3) is 20.4 Å². The molecule has 0 bridgehead atoms. The molecule has 0 amide bonds. The van der Waals surface area contributed by atoms with Crippen LogP contribution in [0.15, 0.2) is 30.3 Å². The van der Waals surface area contributed by atoms with Crippen molar-refractivity contribution in [3.8, 4) is 11.5 Å². The Hall–Kier alpha value is -2.91. The first-order chi connectivity index (χ1) is 12.7. The third-order valence-electron chi connectivity index (χ3n) is 3.91. The molecule has 26 heavy (non-hydrogen) atoms. The highest BCUT2D eigenvalue weighted by molar-refractivity contribution is 7.24. The summed E-state index contributed by atoms with van der Waals surface area (Å²) < 4.78 is 17.5. The average Bonchev–Trinajstić information content (AvgIpc) is 3.34. The third kappa shape index (κ3) is 2.52. The van der Waals surface area contributed by atoms with Crippen LogP contribution in [-0.4, -0.2) is 29.8 Å². The number of hydrogen-bond donors (Lipinski definition) is 1. The van der Waals surface area contributed by atoms with E-state index in [9.17, 15) is 4.79 Å². The zero-order valence-electron chi connectivity index (χ0n) is 13.4. The lowest BCUT2D eigenvalue weighted by Gasteiger charge is -1.97. The molecular formula is C17H11N3O4S2. The number of anilines is 2. The number of nitrogens with one attached hydrogen (secondary N) is 1. The van der Waals surface area contributed by atoms with Gasteiger partial charge in [0, 0.05) is 12.1 Å². The fraction of sp³-hybridized carbons (Fsp3) is 0.118. The van der Waals surface area contributed by atoms with Crippen molar-refractivity contribution in [1.29, 1.82) is 0 Å². The van der Waals surface area contributed by atoms with Gasteiger partial charge in [-0.15, -0.1) is 0 Å². The molecule has 7 nitrogen and oxygen atoms in total. The standard InChI is InChI=1S/C17H11N3O4S2/c1-22-15(21)8-2-3-9-13(4-8)25-16(18-9)20-17-19-10-5-11-12(24-7-23-11)6-14(10)26-17/h2-6H,7H2,1H3,(H,18,19,20). The summed E-state index contributed by atoms with van der Waals surface area (Å²) in [5.41, 5.74) is 2.16. The molecule has 0 unspecified atom stereocenters. The van der Waals surface area contributed by atoms with Gasteiger partial charge in [0.05, 0.1) is 33.1 Å². The number of nitrogens with zero attached hydrogens (tertiary/aromatic N) is 2. The molecule has 0 saturated heterocycles. The highest BCUT2D eigenvalue weighted by atomic mass is 32.1. The van der Waals surface area contributed by atoms with Crippen molar-refractivity contribution in [2.24, 2.45) is 0 Å². The molecule has 130 valence electrons. The van der Waals surface area contributed by atoms with Gasteiger partial charge in [0.1, 0.15) is 0 Å². The van der Waals surface area contributed by atoms with Crippen LogP contribution < -0.4 is 14.8 Å². The highest BCUT2D eigenvalue weighted by Crippen LogP contribution is 2.40. The van der Waals surface area contributed by atoms with Crippen LogP contribution in [0.5, 0.6) is 11.5 Å². The Morgan fingerprint density at radius 2 is 1.73 bits per heavy atom. The zero-order valence-corrected chi connectivity index (χ0v) is 15.1. The number of carbonyl (C=O) groups excluding carboxylic acids is 1. The number of esters is 1. The van der Waals surface area contributed by atoms with Gasteiger partial charge >= 0.3 is 5.97 Å². The predicted octanol–water partition coefficient (Wildman–Crippen LogP) is 4.16. The monoisotopic (exact) mass is 385 g/mol. The van der Waals surface area contributed by atoms with E-state index in [2.05, 4.69) is 15.3 Å². The van der Waals surface area contributed by atoms with Gasteiger partial charge in [-0.3, -0.25) is 0 Å². The number of rotatable bonds is 3. The number of benzene rings is 2. The van der Waals surface area contributed by atoms with Gasteiger partial charge in [-0.2, -0.15) is 0 Å². The topological polar surface area (TPSA) is 82.6 Å². The molecule has 4 aromatic rings. The maximum Gasteiger partial charge on any atom is 0.337 e. The van der Waals surface area contributed by atoms with Crippen molar-refractivity contribution >= 4 is 59.3 Å². The van der Waals surface area contributed by atoms with Crippen LogP contribution in [0.3, 0.4) is 0 Å². The molecule has 0 fully saturated rings. The van der Waals surface area contributed by atoms with Crippen molar-refractivity contribution < 1.29 is 19.0 Å². The molecule has 2 aromatic carbocycles. The summed E-state index contributed by atoms with van der Waals surface area (Å²) in [6.45, 7) is 0.247. The number of thiazole rings is 2. The smallest absolute Gasteiger partial charge is 0.337 e. The van der Waals surface area contributed by atoms with E-state index in [0.29, 0.717) is 16.4 Å². The lowest BCUT2D eigenvalue weighted by molar-refractivity contribution is 0.0601. The quantitative estimate of drug-likeness (QED) is 0.530. The lowest BCUT2D eigenvalue weighted by atomic mass is 10.2. The summed E-state index contributed by atoms with van der Waals surface area (Å²) in [6.07, 6.45) is 0. The fourth-order valence-electron chi connectivity index (χ4n) is 2.69. The second-order valence-electron chi connectivity index (χ2n) is 5.51. The summed E-state index contributed by atoms with van der Waals surface area (Å²) >= 11 is 2.97. The van der Waals surface area contributed by atoms with E-state index in [4.69, 9.17) is 14.2 Å². The van der Waals surface area contributed by atoms with Crippen LogP contribution >= 0.6 is 22.7 Å².